The zero-order chi connectivity index (χ0) is 14.8. The molecule has 2 heterocycles. The minimum absolute atomic E-state index is 0.0379. The summed E-state index contributed by atoms with van der Waals surface area (Å²) in [6.07, 6.45) is 2.67. The van der Waals surface area contributed by atoms with E-state index in [1.807, 2.05) is 0 Å². The van der Waals surface area contributed by atoms with E-state index in [9.17, 15) is 10.2 Å². The van der Waals surface area contributed by atoms with Crippen LogP contribution in [0.5, 0.6) is 11.6 Å². The molecule has 0 bridgehead atoms. The van der Waals surface area contributed by atoms with Crippen LogP contribution in [0.3, 0.4) is 0 Å². The Morgan fingerprint density at radius 2 is 1.90 bits per heavy atom. The van der Waals surface area contributed by atoms with Gasteiger partial charge < -0.3 is 14.9 Å². The highest BCUT2D eigenvalue weighted by Gasteiger charge is 2.33. The summed E-state index contributed by atoms with van der Waals surface area (Å²) in [6.45, 7) is 3.56. The number of pyridine rings is 1. The number of hydrogen-bond acceptors (Lipinski definition) is 8. The molecule has 0 radical (unpaired) electrons. The maximum absolute atomic E-state index is 9.46. The molecule has 0 atom stereocenters. The third-order valence-corrected chi connectivity index (χ3v) is 2.59. The standard InChI is InChI=1S/C12H13N3O5/c1-7-8(2)15-10(6-14-7)19-9-4-3-5-13-11(9)12(16,17)20-18/h3-6,16-18H,1-2H3. The second-order valence-electron chi connectivity index (χ2n) is 4.03. The molecule has 20 heavy (non-hydrogen) atoms. The molecule has 0 amide bonds. The molecule has 0 aliphatic carbocycles. The molecule has 0 fully saturated rings. The van der Waals surface area contributed by atoms with Gasteiger partial charge in [0.05, 0.1) is 17.6 Å². The van der Waals surface area contributed by atoms with Crippen molar-refractivity contribution in [2.45, 2.75) is 19.8 Å². The summed E-state index contributed by atoms with van der Waals surface area (Å²) in [7, 11) is 0. The van der Waals surface area contributed by atoms with Crippen LogP contribution in [0.1, 0.15) is 17.1 Å². The summed E-state index contributed by atoms with van der Waals surface area (Å²) in [6, 6.07) is 2.93. The highest BCUT2D eigenvalue weighted by Crippen LogP contribution is 2.29. The van der Waals surface area contributed by atoms with E-state index in [1.54, 1.807) is 13.8 Å². The molecule has 2 aromatic heterocycles. The van der Waals surface area contributed by atoms with Crippen molar-refractivity contribution in [1.29, 1.82) is 0 Å². The van der Waals surface area contributed by atoms with Crippen molar-refractivity contribution in [3.8, 4) is 11.6 Å². The zero-order valence-corrected chi connectivity index (χ0v) is 10.8. The van der Waals surface area contributed by atoms with Gasteiger partial charge >= 0.3 is 5.97 Å². The van der Waals surface area contributed by atoms with E-state index < -0.39 is 11.7 Å². The topological polar surface area (TPSA) is 118 Å². The fourth-order valence-corrected chi connectivity index (χ4v) is 1.44. The SMILES string of the molecule is Cc1ncc(Oc2cccnc2C(O)(O)OO)nc1C. The van der Waals surface area contributed by atoms with Gasteiger partial charge in [-0.25, -0.2) is 15.2 Å². The maximum atomic E-state index is 9.46. The molecule has 8 heteroatoms. The summed E-state index contributed by atoms with van der Waals surface area (Å²) in [4.78, 5) is 15.5. The minimum atomic E-state index is -2.98. The van der Waals surface area contributed by atoms with E-state index in [1.165, 1.54) is 24.5 Å². The van der Waals surface area contributed by atoms with E-state index >= 15 is 0 Å². The Kier molecular flexibility index (Phi) is 3.91. The lowest BCUT2D eigenvalue weighted by Gasteiger charge is -2.18. The fraction of sp³-hybridized carbons (Fsp3) is 0.250. The van der Waals surface area contributed by atoms with Crippen LogP contribution in [0.2, 0.25) is 0 Å². The van der Waals surface area contributed by atoms with Crippen molar-refractivity contribution >= 4 is 0 Å². The predicted molar refractivity (Wildman–Crippen MR) is 65.6 cm³/mol. The van der Waals surface area contributed by atoms with Gasteiger partial charge in [-0.15, -0.1) is 0 Å². The smallest absolute Gasteiger partial charge is 0.356 e. The predicted octanol–water partition coefficient (Wildman–Crippen LogP) is 0.865. The number of ether oxygens (including phenoxy) is 1. The molecule has 2 aromatic rings. The molecular formula is C12H13N3O5. The van der Waals surface area contributed by atoms with Gasteiger partial charge in [0.1, 0.15) is 0 Å². The average Bonchev–Trinajstić information content (AvgIpc) is 2.43. The monoisotopic (exact) mass is 279 g/mol. The van der Waals surface area contributed by atoms with Crippen LogP contribution in [-0.2, 0) is 10.9 Å². The van der Waals surface area contributed by atoms with Gasteiger partial charge in [-0.2, -0.15) is 4.89 Å². The average molecular weight is 279 g/mol. The van der Waals surface area contributed by atoms with Gasteiger partial charge in [-0.05, 0) is 26.0 Å². The Bertz CT molecular complexity index is 618. The lowest BCUT2D eigenvalue weighted by Crippen LogP contribution is -2.29. The largest absolute Gasteiger partial charge is 0.435 e. The third kappa shape index (κ3) is 2.89. The summed E-state index contributed by atoms with van der Waals surface area (Å²) in [5.74, 6) is -2.87. The first-order valence-electron chi connectivity index (χ1n) is 5.65. The summed E-state index contributed by atoms with van der Waals surface area (Å²) < 4.78 is 5.39. The van der Waals surface area contributed by atoms with Crippen molar-refractivity contribution in [2.24, 2.45) is 0 Å². The Labute approximate surface area is 114 Å². The number of aromatic nitrogens is 3. The molecule has 8 nitrogen and oxygen atoms in total. The molecular weight excluding hydrogens is 266 g/mol. The minimum Gasteiger partial charge on any atom is -0.435 e. The number of hydrogen-bond donors (Lipinski definition) is 3. The lowest BCUT2D eigenvalue weighted by molar-refractivity contribution is -0.482. The molecule has 0 aliphatic rings. The normalized spacial score (nSPS) is 11.4. The van der Waals surface area contributed by atoms with Crippen molar-refractivity contribution < 1.29 is 25.1 Å². The Balaban J connectivity index is 2.36. The van der Waals surface area contributed by atoms with Gasteiger partial charge in [0, 0.05) is 6.20 Å². The van der Waals surface area contributed by atoms with Crippen LogP contribution in [0.4, 0.5) is 0 Å². The third-order valence-electron chi connectivity index (χ3n) is 2.59. The molecule has 0 aliphatic heterocycles. The molecule has 0 unspecified atom stereocenters. The zero-order valence-electron chi connectivity index (χ0n) is 10.8. The van der Waals surface area contributed by atoms with Crippen LogP contribution < -0.4 is 4.74 Å². The van der Waals surface area contributed by atoms with E-state index in [2.05, 4.69) is 19.8 Å². The number of aliphatic hydroxyl groups is 2. The number of nitrogens with zero attached hydrogens (tertiary/aromatic N) is 3. The Hall–Kier alpha value is -2.13. The first-order valence-corrected chi connectivity index (χ1v) is 5.65. The van der Waals surface area contributed by atoms with E-state index in [0.717, 1.165) is 5.69 Å². The number of rotatable bonds is 4. The van der Waals surface area contributed by atoms with Gasteiger partial charge in [0.25, 0.3) is 0 Å². The molecule has 0 saturated heterocycles. The molecule has 0 saturated carbocycles. The Morgan fingerprint density at radius 1 is 1.15 bits per heavy atom. The first-order chi connectivity index (χ1) is 9.44. The Morgan fingerprint density at radius 3 is 2.55 bits per heavy atom. The first kappa shape index (κ1) is 14.3. The highest BCUT2D eigenvalue weighted by atomic mass is 17.2. The highest BCUT2D eigenvalue weighted by molar-refractivity contribution is 5.32. The van der Waals surface area contributed by atoms with Crippen molar-refractivity contribution in [3.63, 3.8) is 0 Å². The van der Waals surface area contributed by atoms with Crippen LogP contribution in [0.15, 0.2) is 24.5 Å². The van der Waals surface area contributed by atoms with Crippen molar-refractivity contribution in [1.82, 2.24) is 15.0 Å². The van der Waals surface area contributed by atoms with Crippen LogP contribution in [0, 0.1) is 13.8 Å². The lowest BCUT2D eigenvalue weighted by atomic mass is 10.3. The second kappa shape index (κ2) is 5.47. The summed E-state index contributed by atoms with van der Waals surface area (Å²) >= 11 is 0. The second-order valence-corrected chi connectivity index (χ2v) is 4.03. The van der Waals surface area contributed by atoms with E-state index in [4.69, 9.17) is 9.99 Å². The van der Waals surface area contributed by atoms with Crippen LogP contribution in [-0.4, -0.2) is 30.4 Å². The maximum Gasteiger partial charge on any atom is 0.356 e. The van der Waals surface area contributed by atoms with E-state index in [0.29, 0.717) is 5.69 Å². The van der Waals surface area contributed by atoms with Crippen LogP contribution in [0.25, 0.3) is 0 Å². The van der Waals surface area contributed by atoms with E-state index in [-0.39, 0.29) is 11.6 Å². The molecule has 0 aromatic carbocycles. The molecule has 3 N–H and O–H groups in total. The van der Waals surface area contributed by atoms with Crippen molar-refractivity contribution in [2.75, 3.05) is 0 Å². The molecule has 0 spiro atoms. The summed E-state index contributed by atoms with van der Waals surface area (Å²) in [5, 5.41) is 27.4. The molecule has 106 valence electrons. The van der Waals surface area contributed by atoms with Gasteiger partial charge in [-0.1, -0.05) is 0 Å². The fourth-order valence-electron chi connectivity index (χ4n) is 1.44. The molecule has 2 rings (SSSR count). The number of aryl methyl sites for hydroxylation is 2. The van der Waals surface area contributed by atoms with Crippen molar-refractivity contribution in [3.05, 3.63) is 41.6 Å². The quantitative estimate of drug-likeness (QED) is 0.428. The van der Waals surface area contributed by atoms with Gasteiger partial charge in [0.2, 0.25) is 5.88 Å². The van der Waals surface area contributed by atoms with Gasteiger partial charge in [-0.3, -0.25) is 4.98 Å². The van der Waals surface area contributed by atoms with Gasteiger partial charge in [0.15, 0.2) is 11.4 Å². The van der Waals surface area contributed by atoms with Crippen LogP contribution >= 0.6 is 0 Å². The summed E-state index contributed by atoms with van der Waals surface area (Å²) in [5.41, 5.74) is 1.01.